The fraction of sp³-hybridized carbons (Fsp3) is 0.316. The van der Waals surface area contributed by atoms with Crippen LogP contribution in [0.15, 0.2) is 47.4 Å². The summed E-state index contributed by atoms with van der Waals surface area (Å²) in [7, 11) is -0.468. The van der Waals surface area contributed by atoms with Crippen molar-refractivity contribution >= 4 is 27.3 Å². The Hall–Kier alpha value is -2.25. The van der Waals surface area contributed by atoms with E-state index in [1.54, 1.807) is 39.3 Å². The zero-order chi connectivity index (χ0) is 20.0. The summed E-state index contributed by atoms with van der Waals surface area (Å²) in [4.78, 5) is 12.4. The molecule has 6 nitrogen and oxygen atoms in total. The molecule has 2 rings (SSSR count). The second-order valence-electron chi connectivity index (χ2n) is 5.92. The molecule has 1 atom stereocenters. The maximum Gasteiger partial charge on any atom is 0.221 e. The minimum atomic E-state index is -3.56. The summed E-state index contributed by atoms with van der Waals surface area (Å²) >= 11 is 5.77. The molecule has 2 aromatic carbocycles. The van der Waals surface area contributed by atoms with Gasteiger partial charge in [-0.15, -0.1) is 0 Å². The van der Waals surface area contributed by atoms with E-state index in [4.69, 9.17) is 21.1 Å². The molecule has 8 heteroatoms. The topological polar surface area (TPSA) is 81.7 Å². The Kier molecular flexibility index (Phi) is 7.10. The van der Waals surface area contributed by atoms with Crippen LogP contribution in [0.1, 0.15) is 24.9 Å². The van der Waals surface area contributed by atoms with Gasteiger partial charge in [0.15, 0.2) is 9.84 Å². The summed E-state index contributed by atoms with van der Waals surface area (Å²) in [6, 6.07) is 10.8. The molecule has 0 aromatic heterocycles. The van der Waals surface area contributed by atoms with Crippen LogP contribution in [-0.4, -0.2) is 34.3 Å². The monoisotopic (exact) mass is 411 g/mol. The van der Waals surface area contributed by atoms with E-state index < -0.39 is 9.84 Å². The number of sulfone groups is 1. The second-order valence-corrected chi connectivity index (χ2v) is 8.47. The fourth-order valence-electron chi connectivity index (χ4n) is 2.56. The van der Waals surface area contributed by atoms with Gasteiger partial charge in [0.25, 0.3) is 0 Å². The first-order valence-corrected chi connectivity index (χ1v) is 10.3. The standard InChI is InChI=1S/C19H22ClNO5S/c1-13(17-12-15(25-2)6-9-18(17)26-3)21-19(22)10-11-27(23,24)16-7-4-14(20)5-8-16/h4-9,12-13H,10-11H2,1-3H3,(H,21,22)/t13-/m0/s1. The zero-order valence-corrected chi connectivity index (χ0v) is 16.9. The number of halogens is 1. The van der Waals surface area contributed by atoms with E-state index in [0.29, 0.717) is 16.5 Å². The lowest BCUT2D eigenvalue weighted by Gasteiger charge is -2.18. The van der Waals surface area contributed by atoms with E-state index in [1.165, 1.54) is 24.3 Å². The maximum absolute atomic E-state index is 12.3. The van der Waals surface area contributed by atoms with Gasteiger partial charge < -0.3 is 14.8 Å². The normalized spacial score (nSPS) is 12.3. The Morgan fingerprint density at radius 1 is 1.11 bits per heavy atom. The van der Waals surface area contributed by atoms with Crippen molar-refractivity contribution in [3.63, 3.8) is 0 Å². The molecule has 146 valence electrons. The average molecular weight is 412 g/mol. The molecule has 0 saturated carbocycles. The molecule has 0 aliphatic carbocycles. The van der Waals surface area contributed by atoms with Crippen molar-refractivity contribution in [1.82, 2.24) is 5.32 Å². The van der Waals surface area contributed by atoms with Gasteiger partial charge in [-0.05, 0) is 49.4 Å². The first kappa shape index (κ1) is 21.1. The summed E-state index contributed by atoms with van der Waals surface area (Å²) in [5.74, 6) is 0.585. The molecule has 2 aromatic rings. The number of benzene rings is 2. The minimum Gasteiger partial charge on any atom is -0.497 e. The van der Waals surface area contributed by atoms with Crippen molar-refractivity contribution in [1.29, 1.82) is 0 Å². The predicted octanol–water partition coefficient (Wildman–Crippen LogP) is 3.40. The van der Waals surface area contributed by atoms with Gasteiger partial charge in [0.1, 0.15) is 11.5 Å². The lowest BCUT2D eigenvalue weighted by Crippen LogP contribution is -2.28. The molecule has 27 heavy (non-hydrogen) atoms. The van der Waals surface area contributed by atoms with E-state index in [2.05, 4.69) is 5.32 Å². The highest BCUT2D eigenvalue weighted by atomic mass is 35.5. The third kappa shape index (κ3) is 5.61. The van der Waals surface area contributed by atoms with Gasteiger partial charge in [-0.1, -0.05) is 11.6 Å². The van der Waals surface area contributed by atoms with Crippen molar-refractivity contribution in [3.8, 4) is 11.5 Å². The third-order valence-electron chi connectivity index (χ3n) is 4.05. The van der Waals surface area contributed by atoms with E-state index in [9.17, 15) is 13.2 Å². The smallest absolute Gasteiger partial charge is 0.221 e. The molecule has 0 saturated heterocycles. The van der Waals surface area contributed by atoms with Crippen molar-refractivity contribution in [3.05, 3.63) is 53.1 Å². The largest absolute Gasteiger partial charge is 0.497 e. The highest BCUT2D eigenvalue weighted by Crippen LogP contribution is 2.29. The number of methoxy groups -OCH3 is 2. The van der Waals surface area contributed by atoms with Gasteiger partial charge in [-0.3, -0.25) is 4.79 Å². The molecule has 1 amide bonds. The van der Waals surface area contributed by atoms with Crippen LogP contribution >= 0.6 is 11.6 Å². The van der Waals surface area contributed by atoms with Gasteiger partial charge in [0, 0.05) is 17.0 Å². The number of hydrogen-bond acceptors (Lipinski definition) is 5. The van der Waals surface area contributed by atoms with Crippen molar-refractivity contribution < 1.29 is 22.7 Å². The Labute approximate surface area is 164 Å². The highest BCUT2D eigenvalue weighted by Gasteiger charge is 2.19. The SMILES string of the molecule is COc1ccc(OC)c([C@H](C)NC(=O)CCS(=O)(=O)c2ccc(Cl)cc2)c1. The summed E-state index contributed by atoms with van der Waals surface area (Å²) in [5.41, 5.74) is 0.741. The number of carbonyl (C=O) groups is 1. The second kappa shape index (κ2) is 9.10. The maximum atomic E-state index is 12.3. The lowest BCUT2D eigenvalue weighted by atomic mass is 10.1. The number of hydrogen-bond donors (Lipinski definition) is 1. The van der Waals surface area contributed by atoms with Crippen molar-refractivity contribution in [2.24, 2.45) is 0 Å². The summed E-state index contributed by atoms with van der Waals surface area (Å²) in [6.45, 7) is 1.79. The van der Waals surface area contributed by atoms with Gasteiger partial charge in [0.05, 0.1) is 30.9 Å². The van der Waals surface area contributed by atoms with Crippen LogP contribution in [0.3, 0.4) is 0 Å². The average Bonchev–Trinajstić information content (AvgIpc) is 2.66. The van der Waals surface area contributed by atoms with E-state index in [0.717, 1.165) is 5.56 Å². The number of rotatable bonds is 8. The minimum absolute atomic E-state index is 0.141. The third-order valence-corrected chi connectivity index (χ3v) is 6.04. The molecule has 0 aliphatic heterocycles. The van der Waals surface area contributed by atoms with Crippen LogP contribution in [0, 0.1) is 0 Å². The van der Waals surface area contributed by atoms with Crippen LogP contribution in [0.5, 0.6) is 11.5 Å². The fourth-order valence-corrected chi connectivity index (χ4v) is 3.92. The molecular formula is C19H22ClNO5S. The first-order chi connectivity index (χ1) is 12.8. The molecule has 0 fully saturated rings. The van der Waals surface area contributed by atoms with E-state index in [-0.39, 0.29) is 29.0 Å². The van der Waals surface area contributed by atoms with Crippen LogP contribution in [0.25, 0.3) is 0 Å². The zero-order valence-electron chi connectivity index (χ0n) is 15.4. The molecule has 0 bridgehead atoms. The van der Waals surface area contributed by atoms with Crippen molar-refractivity contribution in [2.75, 3.05) is 20.0 Å². The summed E-state index contributed by atoms with van der Waals surface area (Å²) < 4.78 is 35.2. The van der Waals surface area contributed by atoms with Gasteiger partial charge in [-0.25, -0.2) is 8.42 Å². The molecule has 0 spiro atoms. The Balaban J connectivity index is 2.02. The van der Waals surface area contributed by atoms with Gasteiger partial charge in [0.2, 0.25) is 5.91 Å². The first-order valence-electron chi connectivity index (χ1n) is 8.26. The quantitative estimate of drug-likeness (QED) is 0.719. The number of ether oxygens (including phenoxy) is 2. The van der Waals surface area contributed by atoms with Crippen LogP contribution in [-0.2, 0) is 14.6 Å². The Morgan fingerprint density at radius 2 is 1.78 bits per heavy atom. The number of carbonyl (C=O) groups excluding carboxylic acids is 1. The van der Waals surface area contributed by atoms with Crippen LogP contribution < -0.4 is 14.8 Å². The highest BCUT2D eigenvalue weighted by molar-refractivity contribution is 7.91. The van der Waals surface area contributed by atoms with Gasteiger partial charge in [-0.2, -0.15) is 0 Å². The van der Waals surface area contributed by atoms with E-state index in [1.807, 2.05) is 0 Å². The molecule has 1 N–H and O–H groups in total. The van der Waals surface area contributed by atoms with Crippen LogP contribution in [0.2, 0.25) is 5.02 Å². The summed E-state index contributed by atoms with van der Waals surface area (Å²) in [6.07, 6.45) is -0.151. The molecule has 0 aliphatic rings. The molecule has 0 unspecified atom stereocenters. The van der Waals surface area contributed by atoms with E-state index >= 15 is 0 Å². The Morgan fingerprint density at radius 3 is 2.37 bits per heavy atom. The number of amides is 1. The number of nitrogens with one attached hydrogen (secondary N) is 1. The van der Waals surface area contributed by atoms with Gasteiger partial charge >= 0.3 is 0 Å². The van der Waals surface area contributed by atoms with Crippen molar-refractivity contribution in [2.45, 2.75) is 24.3 Å². The molecule has 0 radical (unpaired) electrons. The lowest BCUT2D eigenvalue weighted by molar-refractivity contribution is -0.121. The summed E-state index contributed by atoms with van der Waals surface area (Å²) in [5, 5.41) is 3.25. The molecule has 0 heterocycles. The molecular weight excluding hydrogens is 390 g/mol. The predicted molar refractivity (Wildman–Crippen MR) is 104 cm³/mol. The Bertz CT molecular complexity index is 897. The van der Waals surface area contributed by atoms with Crippen LogP contribution in [0.4, 0.5) is 0 Å².